The average Bonchev–Trinajstić information content (AvgIpc) is 2.67. The molecule has 0 saturated carbocycles. The maximum Gasteiger partial charge on any atom is 0.134 e. The predicted molar refractivity (Wildman–Crippen MR) is 121 cm³/mol. The van der Waals surface area contributed by atoms with Gasteiger partial charge in [-0.1, -0.05) is 59.1 Å². The Kier molecular flexibility index (Phi) is 7.63. The molecule has 0 bridgehead atoms. The summed E-state index contributed by atoms with van der Waals surface area (Å²) in [5, 5.41) is 6.13. The van der Waals surface area contributed by atoms with Gasteiger partial charge in [-0.3, -0.25) is 0 Å². The SMILES string of the molecule is Clc1ccccc1COc1ccc(/C=N\NCc2c(Cl)cccc2Cl)cc1Br. The highest BCUT2D eigenvalue weighted by Crippen LogP contribution is 2.27. The molecule has 144 valence electrons. The van der Waals surface area contributed by atoms with Gasteiger partial charge in [-0.05, 0) is 57.9 Å². The van der Waals surface area contributed by atoms with Crippen LogP contribution in [-0.4, -0.2) is 6.21 Å². The molecule has 1 N–H and O–H groups in total. The third-order valence-corrected chi connectivity index (χ3v) is 5.62. The number of benzene rings is 3. The molecule has 0 unspecified atom stereocenters. The van der Waals surface area contributed by atoms with Gasteiger partial charge >= 0.3 is 0 Å². The Labute approximate surface area is 187 Å². The summed E-state index contributed by atoms with van der Waals surface area (Å²) in [6, 6.07) is 18.7. The number of halogens is 4. The van der Waals surface area contributed by atoms with Gasteiger partial charge in [0.1, 0.15) is 12.4 Å². The fraction of sp³-hybridized carbons (Fsp3) is 0.0952. The van der Waals surface area contributed by atoms with Gasteiger partial charge in [-0.2, -0.15) is 5.10 Å². The van der Waals surface area contributed by atoms with Crippen molar-refractivity contribution in [2.45, 2.75) is 13.2 Å². The standard InChI is InChI=1S/C21H16BrCl3N2O/c22-17-10-14(11-26-27-12-16-19(24)6-3-7-20(16)25)8-9-21(17)28-13-15-4-1-2-5-18(15)23/h1-11,27H,12-13H2/b26-11-. The summed E-state index contributed by atoms with van der Waals surface area (Å²) in [6.45, 7) is 0.834. The van der Waals surface area contributed by atoms with Gasteiger partial charge in [0, 0.05) is 26.2 Å². The van der Waals surface area contributed by atoms with Crippen molar-refractivity contribution >= 4 is 56.9 Å². The first-order chi connectivity index (χ1) is 13.5. The van der Waals surface area contributed by atoms with Crippen molar-refractivity contribution in [1.29, 1.82) is 0 Å². The van der Waals surface area contributed by atoms with Crippen LogP contribution in [0.4, 0.5) is 0 Å². The number of nitrogens with zero attached hydrogens (tertiary/aromatic N) is 1. The van der Waals surface area contributed by atoms with Crippen LogP contribution in [0, 0.1) is 0 Å². The van der Waals surface area contributed by atoms with E-state index in [1.807, 2.05) is 48.5 Å². The van der Waals surface area contributed by atoms with Gasteiger partial charge in [-0.15, -0.1) is 0 Å². The topological polar surface area (TPSA) is 33.6 Å². The van der Waals surface area contributed by atoms with Crippen molar-refractivity contribution < 1.29 is 4.74 Å². The van der Waals surface area contributed by atoms with Crippen LogP contribution in [0.1, 0.15) is 16.7 Å². The number of hydrogen-bond donors (Lipinski definition) is 1. The van der Waals surface area contributed by atoms with Crippen LogP contribution < -0.4 is 10.2 Å². The summed E-state index contributed by atoms with van der Waals surface area (Å²) >= 11 is 22.0. The normalized spacial score (nSPS) is 11.0. The van der Waals surface area contributed by atoms with Crippen LogP contribution >= 0.6 is 50.7 Å². The number of nitrogens with one attached hydrogen (secondary N) is 1. The molecule has 3 nitrogen and oxygen atoms in total. The van der Waals surface area contributed by atoms with Crippen molar-refractivity contribution in [2.75, 3.05) is 0 Å². The van der Waals surface area contributed by atoms with E-state index in [1.165, 1.54) is 0 Å². The molecule has 7 heteroatoms. The number of rotatable bonds is 7. The lowest BCUT2D eigenvalue weighted by Crippen LogP contribution is -2.06. The molecule has 0 heterocycles. The highest BCUT2D eigenvalue weighted by Gasteiger charge is 2.06. The molecule has 0 aliphatic heterocycles. The first-order valence-corrected chi connectivity index (χ1v) is 10.3. The van der Waals surface area contributed by atoms with E-state index in [-0.39, 0.29) is 0 Å². The number of hydrazone groups is 1. The lowest BCUT2D eigenvalue weighted by atomic mass is 10.2. The zero-order chi connectivity index (χ0) is 19.9. The van der Waals surface area contributed by atoms with E-state index in [9.17, 15) is 0 Å². The molecule has 0 aliphatic carbocycles. The maximum atomic E-state index is 6.16. The third kappa shape index (κ3) is 5.65. The average molecular weight is 499 g/mol. The summed E-state index contributed by atoms with van der Waals surface area (Å²) in [5.74, 6) is 0.730. The molecular weight excluding hydrogens is 483 g/mol. The molecule has 0 fully saturated rings. The third-order valence-electron chi connectivity index (χ3n) is 3.92. The molecule has 0 spiro atoms. The molecule has 0 saturated heterocycles. The van der Waals surface area contributed by atoms with E-state index in [0.717, 1.165) is 26.9 Å². The summed E-state index contributed by atoms with van der Waals surface area (Å²) in [5.41, 5.74) is 5.62. The second kappa shape index (κ2) is 10.2. The first kappa shape index (κ1) is 21.0. The molecule has 0 aromatic heterocycles. The van der Waals surface area contributed by atoms with E-state index in [2.05, 4.69) is 26.5 Å². The van der Waals surface area contributed by atoms with Crippen LogP contribution in [0.15, 0.2) is 70.2 Å². The minimum atomic E-state index is 0.395. The molecule has 0 aliphatic rings. The minimum absolute atomic E-state index is 0.395. The van der Waals surface area contributed by atoms with Crippen molar-refractivity contribution in [1.82, 2.24) is 5.43 Å². The van der Waals surface area contributed by atoms with E-state index in [0.29, 0.717) is 28.2 Å². The molecule has 0 radical (unpaired) electrons. The summed E-state index contributed by atoms with van der Waals surface area (Å²) in [7, 11) is 0. The molecule has 3 rings (SSSR count). The van der Waals surface area contributed by atoms with Gasteiger partial charge in [0.15, 0.2) is 0 Å². The monoisotopic (exact) mass is 496 g/mol. The van der Waals surface area contributed by atoms with Crippen molar-refractivity contribution in [3.05, 3.63) is 96.9 Å². The summed E-state index contributed by atoms with van der Waals surface area (Å²) in [4.78, 5) is 0. The lowest BCUT2D eigenvalue weighted by Gasteiger charge is -2.10. The molecule has 0 amide bonds. The second-order valence-corrected chi connectivity index (χ2v) is 7.94. The van der Waals surface area contributed by atoms with Gasteiger partial charge < -0.3 is 10.2 Å². The second-order valence-electron chi connectivity index (χ2n) is 5.86. The van der Waals surface area contributed by atoms with Crippen LogP contribution in [0.5, 0.6) is 5.75 Å². The molecule has 0 atom stereocenters. The predicted octanol–water partition coefficient (Wildman–Crippen LogP) is 7.11. The molecule has 3 aromatic rings. The smallest absolute Gasteiger partial charge is 0.134 e. The van der Waals surface area contributed by atoms with Crippen LogP contribution in [0.3, 0.4) is 0 Å². The Bertz CT molecular complexity index is 975. The zero-order valence-electron chi connectivity index (χ0n) is 14.6. The summed E-state index contributed by atoms with van der Waals surface area (Å²) < 4.78 is 6.68. The minimum Gasteiger partial charge on any atom is -0.488 e. The Morgan fingerprint density at radius 2 is 1.64 bits per heavy atom. The molecular formula is C21H16BrCl3N2O. The van der Waals surface area contributed by atoms with E-state index >= 15 is 0 Å². The largest absolute Gasteiger partial charge is 0.488 e. The fourth-order valence-corrected chi connectivity index (χ4v) is 3.66. The quantitative estimate of drug-likeness (QED) is 0.278. The summed E-state index contributed by atoms with van der Waals surface area (Å²) in [6.07, 6.45) is 1.72. The van der Waals surface area contributed by atoms with E-state index in [1.54, 1.807) is 18.3 Å². The highest BCUT2D eigenvalue weighted by molar-refractivity contribution is 9.10. The highest BCUT2D eigenvalue weighted by atomic mass is 79.9. The van der Waals surface area contributed by atoms with Crippen molar-refractivity contribution in [3.8, 4) is 5.75 Å². The van der Waals surface area contributed by atoms with Gasteiger partial charge in [0.05, 0.1) is 17.2 Å². The Hall–Kier alpha value is -1.72. The van der Waals surface area contributed by atoms with E-state index in [4.69, 9.17) is 39.5 Å². The van der Waals surface area contributed by atoms with Gasteiger partial charge in [0.25, 0.3) is 0 Å². The Balaban J connectivity index is 1.58. The lowest BCUT2D eigenvalue weighted by molar-refractivity contribution is 0.304. The van der Waals surface area contributed by atoms with Crippen molar-refractivity contribution in [2.24, 2.45) is 5.10 Å². The van der Waals surface area contributed by atoms with E-state index < -0.39 is 0 Å². The number of hydrogen-bond acceptors (Lipinski definition) is 3. The maximum absolute atomic E-state index is 6.16. The fourth-order valence-electron chi connectivity index (χ4n) is 2.43. The zero-order valence-corrected chi connectivity index (χ0v) is 18.5. The van der Waals surface area contributed by atoms with Gasteiger partial charge in [-0.25, -0.2) is 0 Å². The van der Waals surface area contributed by atoms with Crippen molar-refractivity contribution in [3.63, 3.8) is 0 Å². The number of ether oxygens (including phenoxy) is 1. The first-order valence-electron chi connectivity index (χ1n) is 8.39. The molecule has 28 heavy (non-hydrogen) atoms. The van der Waals surface area contributed by atoms with Crippen LogP contribution in [0.2, 0.25) is 15.1 Å². The van der Waals surface area contributed by atoms with Crippen LogP contribution in [0.25, 0.3) is 0 Å². The van der Waals surface area contributed by atoms with Gasteiger partial charge in [0.2, 0.25) is 0 Å². The van der Waals surface area contributed by atoms with Crippen LogP contribution in [-0.2, 0) is 13.2 Å². The Morgan fingerprint density at radius 1 is 0.929 bits per heavy atom. The molecule has 3 aromatic carbocycles. The Morgan fingerprint density at radius 3 is 2.36 bits per heavy atom.